The molecule has 168 valence electrons. The maximum Gasteiger partial charge on any atom is 0.322 e. The van der Waals surface area contributed by atoms with Crippen molar-refractivity contribution in [3.63, 3.8) is 0 Å². The van der Waals surface area contributed by atoms with Gasteiger partial charge in [-0.05, 0) is 67.6 Å². The summed E-state index contributed by atoms with van der Waals surface area (Å²) in [5.41, 5.74) is 5.85. The van der Waals surface area contributed by atoms with Gasteiger partial charge < -0.3 is 10.2 Å². The number of likely N-dealkylation sites (tertiary alicyclic amines) is 1. The highest BCUT2D eigenvalue weighted by Gasteiger charge is 2.32. The van der Waals surface area contributed by atoms with Crippen LogP contribution in [0.4, 0.5) is 10.5 Å². The molecule has 3 aromatic heterocycles. The molecule has 1 unspecified atom stereocenters. The van der Waals surface area contributed by atoms with Crippen LogP contribution in [0.3, 0.4) is 0 Å². The predicted octanol–water partition coefficient (Wildman–Crippen LogP) is 5.01. The first-order valence-electron chi connectivity index (χ1n) is 11.4. The molecule has 0 spiro atoms. The van der Waals surface area contributed by atoms with Crippen LogP contribution < -0.4 is 5.32 Å². The summed E-state index contributed by atoms with van der Waals surface area (Å²) in [5, 5.41) is 14.0. The Kier molecular flexibility index (Phi) is 5.11. The van der Waals surface area contributed by atoms with E-state index in [1.807, 2.05) is 36.2 Å². The van der Waals surface area contributed by atoms with E-state index in [0.29, 0.717) is 6.54 Å². The molecule has 6 rings (SSSR count). The number of amides is 2. The largest absolute Gasteiger partial charge is 0.322 e. The van der Waals surface area contributed by atoms with Gasteiger partial charge in [-0.25, -0.2) is 4.79 Å². The van der Waals surface area contributed by atoms with Crippen molar-refractivity contribution in [3.8, 4) is 11.3 Å². The number of fused-ring (bicyclic) bond motifs is 2. The third-order valence-corrected chi connectivity index (χ3v) is 7.54. The third kappa shape index (κ3) is 3.89. The summed E-state index contributed by atoms with van der Waals surface area (Å²) < 4.78 is 0. The number of rotatable bonds is 4. The molecule has 2 aliphatic heterocycles. The molecule has 1 fully saturated rings. The first-order valence-corrected chi connectivity index (χ1v) is 12.3. The Morgan fingerprint density at radius 2 is 2.18 bits per heavy atom. The highest BCUT2D eigenvalue weighted by Crippen LogP contribution is 2.34. The maximum absolute atomic E-state index is 13.0. The number of aromatic amines is 1. The summed E-state index contributed by atoms with van der Waals surface area (Å²) in [4.78, 5) is 23.2. The molecule has 7 nitrogen and oxygen atoms in total. The average molecular weight is 459 g/mol. The van der Waals surface area contributed by atoms with Crippen LogP contribution in [0.1, 0.15) is 29.0 Å². The molecule has 0 aliphatic carbocycles. The molecule has 0 radical (unpaired) electrons. The zero-order chi connectivity index (χ0) is 22.4. The van der Waals surface area contributed by atoms with Crippen LogP contribution in [0.25, 0.3) is 22.2 Å². The van der Waals surface area contributed by atoms with Gasteiger partial charge in [0.1, 0.15) is 5.69 Å². The Morgan fingerprint density at radius 3 is 3.03 bits per heavy atom. The number of aromatic nitrogens is 3. The number of carbonyl (C=O) groups is 1. The SMILES string of the molecule is Cc1cc(-c2n[nH]c3cc4c(cc23)CN(C2CCCN(Cc3cccs3)C2)C(=O)N4)ccn1. The van der Waals surface area contributed by atoms with Crippen LogP contribution in [0.15, 0.2) is 48.0 Å². The highest BCUT2D eigenvalue weighted by atomic mass is 32.1. The average Bonchev–Trinajstić information content (AvgIpc) is 3.47. The fraction of sp³-hybridized carbons (Fsp3) is 0.320. The predicted molar refractivity (Wildman–Crippen MR) is 131 cm³/mol. The van der Waals surface area contributed by atoms with Crippen molar-refractivity contribution in [3.05, 3.63) is 64.1 Å². The Balaban J connectivity index is 1.27. The van der Waals surface area contributed by atoms with Gasteiger partial charge in [0.05, 0.1) is 5.52 Å². The summed E-state index contributed by atoms with van der Waals surface area (Å²) >= 11 is 1.80. The number of nitrogens with zero attached hydrogens (tertiary/aromatic N) is 4. The van der Waals surface area contributed by atoms with Crippen LogP contribution in [-0.4, -0.2) is 50.1 Å². The Morgan fingerprint density at radius 1 is 1.24 bits per heavy atom. The molecule has 2 amide bonds. The Hall–Kier alpha value is -3.23. The molecule has 2 N–H and O–H groups in total. The van der Waals surface area contributed by atoms with Gasteiger partial charge in [-0.3, -0.25) is 15.0 Å². The maximum atomic E-state index is 13.0. The van der Waals surface area contributed by atoms with Gasteiger partial charge in [0.15, 0.2) is 0 Å². The number of anilines is 1. The lowest BCUT2D eigenvalue weighted by molar-refractivity contribution is 0.109. The number of nitrogens with one attached hydrogen (secondary N) is 2. The van der Waals surface area contributed by atoms with Crippen LogP contribution in [0.2, 0.25) is 0 Å². The molecule has 1 aromatic carbocycles. The highest BCUT2D eigenvalue weighted by molar-refractivity contribution is 7.09. The molecule has 0 bridgehead atoms. The van der Waals surface area contributed by atoms with E-state index in [-0.39, 0.29) is 12.1 Å². The number of H-pyrrole nitrogens is 1. The van der Waals surface area contributed by atoms with Gasteiger partial charge in [0.25, 0.3) is 0 Å². The van der Waals surface area contributed by atoms with Crippen molar-refractivity contribution in [1.82, 2.24) is 25.0 Å². The van der Waals surface area contributed by atoms with Gasteiger partial charge in [-0.15, -0.1) is 11.3 Å². The van der Waals surface area contributed by atoms with Crippen LogP contribution in [-0.2, 0) is 13.1 Å². The fourth-order valence-electron chi connectivity index (χ4n) is 5.06. The summed E-state index contributed by atoms with van der Waals surface area (Å²) in [6, 6.07) is 12.7. The van der Waals surface area contributed by atoms with Crippen LogP contribution in [0.5, 0.6) is 0 Å². The van der Waals surface area contributed by atoms with E-state index >= 15 is 0 Å². The smallest absolute Gasteiger partial charge is 0.316 e. The van der Waals surface area contributed by atoms with E-state index in [0.717, 1.165) is 71.6 Å². The molecule has 33 heavy (non-hydrogen) atoms. The minimum Gasteiger partial charge on any atom is -0.316 e. The van der Waals surface area contributed by atoms with E-state index in [9.17, 15) is 4.79 Å². The monoisotopic (exact) mass is 458 g/mol. The van der Waals surface area contributed by atoms with Gasteiger partial charge >= 0.3 is 6.03 Å². The second-order valence-electron chi connectivity index (χ2n) is 8.98. The van der Waals surface area contributed by atoms with E-state index in [4.69, 9.17) is 0 Å². The number of aryl methyl sites for hydroxylation is 1. The topological polar surface area (TPSA) is 77.2 Å². The van der Waals surface area contributed by atoms with Crippen molar-refractivity contribution in [1.29, 1.82) is 0 Å². The van der Waals surface area contributed by atoms with E-state index in [1.165, 1.54) is 4.88 Å². The Bertz CT molecular complexity index is 1310. The second-order valence-corrected chi connectivity index (χ2v) is 10.0. The lowest BCUT2D eigenvalue weighted by Crippen LogP contribution is -2.52. The van der Waals surface area contributed by atoms with Crippen molar-refractivity contribution in [2.75, 3.05) is 18.4 Å². The lowest BCUT2D eigenvalue weighted by atomic mass is 9.99. The van der Waals surface area contributed by atoms with Crippen LogP contribution in [0, 0.1) is 6.92 Å². The number of thiophene rings is 1. The van der Waals surface area contributed by atoms with E-state index in [2.05, 4.69) is 49.0 Å². The molecular weight excluding hydrogens is 432 g/mol. The van der Waals surface area contributed by atoms with Crippen LogP contribution >= 0.6 is 11.3 Å². The van der Waals surface area contributed by atoms with E-state index in [1.54, 1.807) is 11.3 Å². The summed E-state index contributed by atoms with van der Waals surface area (Å²) in [6.07, 6.45) is 3.97. The lowest BCUT2D eigenvalue weighted by Gasteiger charge is -2.41. The van der Waals surface area contributed by atoms with Crippen molar-refractivity contribution in [2.24, 2.45) is 0 Å². The number of benzene rings is 1. The first kappa shape index (κ1) is 20.4. The molecule has 1 atom stereocenters. The molecular formula is C25H26N6OS. The first-order chi connectivity index (χ1) is 16.1. The van der Waals surface area contributed by atoms with Crippen molar-refractivity contribution in [2.45, 2.75) is 38.9 Å². The molecule has 0 saturated carbocycles. The zero-order valence-corrected chi connectivity index (χ0v) is 19.4. The Labute approximate surface area is 196 Å². The standard InChI is InChI=1S/C25H26N6OS/c1-16-10-17(6-7-26-16)24-21-11-18-13-31(25(32)27-22(18)12-23(21)28-29-24)19-4-2-8-30(14-19)15-20-5-3-9-33-20/h3,5-7,9-12,19H,2,4,8,13-15H2,1H3,(H,27,32)(H,28,29). The molecule has 8 heteroatoms. The molecule has 1 saturated heterocycles. The summed E-state index contributed by atoms with van der Waals surface area (Å²) in [5.74, 6) is 0. The number of carbonyl (C=O) groups excluding carboxylic acids is 1. The quantitative estimate of drug-likeness (QED) is 0.451. The van der Waals surface area contributed by atoms with Crippen molar-refractivity contribution >= 4 is 34.0 Å². The van der Waals surface area contributed by atoms with Gasteiger partial charge in [-0.1, -0.05) is 6.07 Å². The third-order valence-electron chi connectivity index (χ3n) is 6.68. The minimum atomic E-state index is -0.00526. The molecule has 2 aliphatic rings. The fourth-order valence-corrected chi connectivity index (χ4v) is 5.80. The second kappa shape index (κ2) is 8.28. The number of urea groups is 1. The number of piperidine rings is 1. The number of pyridine rings is 1. The van der Waals surface area contributed by atoms with Gasteiger partial charge in [0, 0.05) is 59.1 Å². The number of hydrogen-bond acceptors (Lipinski definition) is 5. The van der Waals surface area contributed by atoms with Gasteiger partial charge in [0.2, 0.25) is 0 Å². The molecule has 4 aromatic rings. The minimum absolute atomic E-state index is 0.00526. The molecule has 5 heterocycles. The summed E-state index contributed by atoms with van der Waals surface area (Å²) in [6.45, 7) is 5.57. The van der Waals surface area contributed by atoms with E-state index < -0.39 is 0 Å². The summed E-state index contributed by atoms with van der Waals surface area (Å²) in [7, 11) is 0. The van der Waals surface area contributed by atoms with Crippen molar-refractivity contribution < 1.29 is 4.79 Å². The number of hydrogen-bond donors (Lipinski definition) is 2. The zero-order valence-electron chi connectivity index (χ0n) is 18.5. The van der Waals surface area contributed by atoms with Gasteiger partial charge in [-0.2, -0.15) is 5.10 Å². The normalized spacial score (nSPS) is 19.0.